The van der Waals surface area contributed by atoms with Crippen LogP contribution in [0.2, 0.25) is 0 Å². The van der Waals surface area contributed by atoms with Gasteiger partial charge in [0.05, 0.1) is 26.0 Å². The number of hydrogen-bond acceptors (Lipinski definition) is 0. The van der Waals surface area contributed by atoms with Gasteiger partial charge in [-0.1, -0.05) is 13.3 Å². The van der Waals surface area contributed by atoms with Crippen molar-refractivity contribution in [2.75, 3.05) is 0 Å². The summed E-state index contributed by atoms with van der Waals surface area (Å²) in [6, 6.07) is 0. The molecule has 1 rings (SSSR count). The molecule has 64 valence electrons. The number of nitrogens with zero attached hydrogens (tertiary/aromatic N) is 2. The third-order valence-corrected chi connectivity index (χ3v) is 1.59. The first kappa shape index (κ1) is 10.5. The smallest absolute Gasteiger partial charge is 0.240 e. The molecule has 0 atom stereocenters. The Hall–Kier alpha value is -0.500. The lowest BCUT2D eigenvalue weighted by atomic mass is 10.3. The predicted octanol–water partition coefficient (Wildman–Crippen LogP) is 0.577. The normalized spacial score (nSPS) is 9.27. The maximum Gasteiger partial charge on any atom is 0.243 e. The summed E-state index contributed by atoms with van der Waals surface area (Å²) in [6.07, 6.45) is 8.82. The molecule has 0 spiro atoms. The molecule has 0 amide bonds. The van der Waals surface area contributed by atoms with Crippen molar-refractivity contribution in [1.29, 1.82) is 0 Å². The van der Waals surface area contributed by atoms with E-state index < -0.39 is 0 Å². The molecule has 0 N–H and O–H groups in total. The van der Waals surface area contributed by atoms with Gasteiger partial charge in [0, 0.05) is 0 Å². The molecule has 2 nitrogen and oxygen atoms in total. The fraction of sp³-hybridized carbons (Fsp3) is 0.625. The topological polar surface area (TPSA) is 8.81 Å². The summed E-state index contributed by atoms with van der Waals surface area (Å²) in [4.78, 5) is 0. The Morgan fingerprint density at radius 3 is 2.64 bits per heavy atom. The third kappa shape index (κ3) is 3.42. The Kier molecular flexibility index (Phi) is 4.95. The molecule has 0 radical (unpaired) electrons. The number of aromatic nitrogens is 2. The molecule has 0 saturated carbocycles. The first-order valence-electron chi connectivity index (χ1n) is 3.84. The Labute approximate surface area is 74.3 Å². The number of rotatable bonds is 3. The lowest BCUT2D eigenvalue weighted by Crippen LogP contribution is -2.23. The van der Waals surface area contributed by atoms with Crippen molar-refractivity contribution in [3.63, 3.8) is 0 Å². The van der Waals surface area contributed by atoms with E-state index in [1.165, 1.54) is 12.8 Å². The summed E-state index contributed by atoms with van der Waals surface area (Å²) in [5.74, 6) is 0. The summed E-state index contributed by atoms with van der Waals surface area (Å²) in [5.41, 5.74) is 0. The largest absolute Gasteiger partial charge is 0.243 e. The van der Waals surface area contributed by atoms with Gasteiger partial charge in [-0.15, -0.1) is 0 Å². The second kappa shape index (κ2) is 5.19. The summed E-state index contributed by atoms with van der Waals surface area (Å²) in [5, 5.41) is 0. The van der Waals surface area contributed by atoms with Gasteiger partial charge >= 0.3 is 0 Å². The van der Waals surface area contributed by atoms with Gasteiger partial charge in [0.25, 0.3) is 0 Å². The van der Waals surface area contributed by atoms with E-state index in [9.17, 15) is 0 Å². The van der Waals surface area contributed by atoms with Crippen molar-refractivity contribution in [2.24, 2.45) is 7.05 Å². The van der Waals surface area contributed by atoms with Crippen molar-refractivity contribution in [3.8, 4) is 0 Å². The van der Waals surface area contributed by atoms with Gasteiger partial charge in [0.15, 0.2) is 0 Å². The van der Waals surface area contributed by atoms with E-state index in [1.807, 2.05) is 7.05 Å². The fourth-order valence-electron chi connectivity index (χ4n) is 0.975. The van der Waals surface area contributed by atoms with E-state index in [2.05, 4.69) is 34.8 Å². The molecule has 11 heavy (non-hydrogen) atoms. The van der Waals surface area contributed by atoms with Gasteiger partial charge < -0.3 is 0 Å². The molecule has 0 saturated heterocycles. The molecule has 0 bridgehead atoms. The van der Waals surface area contributed by atoms with Crippen molar-refractivity contribution >= 4 is 0 Å². The van der Waals surface area contributed by atoms with E-state index in [4.69, 9.17) is 0 Å². The molecule has 0 aromatic carbocycles. The summed E-state index contributed by atoms with van der Waals surface area (Å²) in [6.45, 7) is 3.36. The van der Waals surface area contributed by atoms with Gasteiger partial charge in [-0.05, 0) is 6.42 Å². The van der Waals surface area contributed by atoms with Gasteiger partial charge in [-0.2, -0.15) is 0 Å². The Morgan fingerprint density at radius 1 is 1.45 bits per heavy atom. The van der Waals surface area contributed by atoms with Crippen LogP contribution in [0.25, 0.3) is 0 Å². The standard InChI is InChI=1S/C8H15N2.ClH2/c1-3-4-5-10-7-6-9(2)8-10;/h6-8H,3-5H2,1-2H3;1H2/q2*+1. The van der Waals surface area contributed by atoms with Gasteiger partial charge in [0.2, 0.25) is 6.33 Å². The number of hydrogen-bond donors (Lipinski definition) is 0. The lowest BCUT2D eigenvalue weighted by molar-refractivity contribution is -0.671. The minimum Gasteiger partial charge on any atom is -0.240 e. The maximum atomic E-state index is 2.21. The second-order valence-corrected chi connectivity index (χ2v) is 2.67. The van der Waals surface area contributed by atoms with Crippen LogP contribution in [0.5, 0.6) is 0 Å². The summed E-state index contributed by atoms with van der Waals surface area (Å²) < 4.78 is 4.28. The van der Waals surface area contributed by atoms with Crippen LogP contribution < -0.4 is 4.57 Å². The number of unbranched alkanes of at least 4 members (excludes halogenated alkanes) is 1. The quantitative estimate of drug-likeness (QED) is 0.596. The van der Waals surface area contributed by atoms with E-state index >= 15 is 0 Å². The zero-order valence-electron chi connectivity index (χ0n) is 7.20. The molecule has 0 aliphatic carbocycles. The second-order valence-electron chi connectivity index (χ2n) is 2.67. The van der Waals surface area contributed by atoms with E-state index in [1.54, 1.807) is 0 Å². The van der Waals surface area contributed by atoms with Gasteiger partial charge in [-0.25, -0.2) is 9.13 Å². The zero-order valence-corrected chi connectivity index (χ0v) is 8.09. The molecular weight excluding hydrogens is 160 g/mol. The summed E-state index contributed by atoms with van der Waals surface area (Å²) in [7, 11) is 2.04. The number of aryl methyl sites for hydroxylation is 2. The average molecular weight is 177 g/mol. The maximum absolute atomic E-state index is 2.21. The minimum atomic E-state index is 0. The highest BCUT2D eigenvalue weighted by Gasteiger charge is 1.96. The molecule has 0 aliphatic rings. The zero-order chi connectivity index (χ0) is 7.40. The van der Waals surface area contributed by atoms with Crippen LogP contribution >= 0.6 is 0 Å². The molecule has 1 aromatic rings. The van der Waals surface area contributed by atoms with Gasteiger partial charge in [0.1, 0.15) is 12.4 Å². The number of halogens is 1. The van der Waals surface area contributed by atoms with E-state index in [0.29, 0.717) is 0 Å². The van der Waals surface area contributed by atoms with Crippen LogP contribution in [0.1, 0.15) is 19.8 Å². The van der Waals surface area contributed by atoms with Crippen LogP contribution in [0.3, 0.4) is 0 Å². The Bertz CT molecular complexity index is 196. The van der Waals surface area contributed by atoms with Crippen molar-refractivity contribution in [1.82, 2.24) is 4.57 Å². The fourth-order valence-corrected chi connectivity index (χ4v) is 0.975. The molecule has 3 heteroatoms. The molecule has 1 heterocycles. The van der Waals surface area contributed by atoms with Crippen LogP contribution in [0.15, 0.2) is 18.7 Å². The van der Waals surface area contributed by atoms with Crippen molar-refractivity contribution < 1.29 is 17.0 Å². The Morgan fingerprint density at radius 2 is 2.18 bits per heavy atom. The molecular formula is C8H17ClN2+2. The first-order chi connectivity index (χ1) is 4.83. The summed E-state index contributed by atoms with van der Waals surface area (Å²) >= 11 is 0. The highest BCUT2D eigenvalue weighted by Crippen LogP contribution is 1.91. The van der Waals surface area contributed by atoms with Crippen molar-refractivity contribution in [3.05, 3.63) is 18.7 Å². The van der Waals surface area contributed by atoms with E-state index in [-0.39, 0.29) is 12.4 Å². The minimum absolute atomic E-state index is 0. The van der Waals surface area contributed by atoms with Crippen LogP contribution in [-0.4, -0.2) is 4.57 Å². The first-order valence-corrected chi connectivity index (χ1v) is 3.84. The highest BCUT2D eigenvalue weighted by atomic mass is 35.5. The predicted molar refractivity (Wildman–Crippen MR) is 43.3 cm³/mol. The van der Waals surface area contributed by atoms with Gasteiger partial charge in [-0.3, -0.25) is 0 Å². The van der Waals surface area contributed by atoms with Crippen LogP contribution in [0, 0.1) is 12.4 Å². The molecule has 0 aliphatic heterocycles. The lowest BCUT2D eigenvalue weighted by Gasteiger charge is -1.90. The highest BCUT2D eigenvalue weighted by molar-refractivity contribution is 4.65. The molecule has 1 aromatic heterocycles. The average Bonchev–Trinajstić information content (AvgIpc) is 2.31. The van der Waals surface area contributed by atoms with Crippen molar-refractivity contribution in [2.45, 2.75) is 26.3 Å². The van der Waals surface area contributed by atoms with Crippen LogP contribution in [0.4, 0.5) is 0 Å². The Balaban J connectivity index is 0.000001000. The molecule has 0 fully saturated rings. The monoisotopic (exact) mass is 176 g/mol. The number of imidazole rings is 1. The third-order valence-electron chi connectivity index (χ3n) is 1.59. The SMILES string of the molecule is CCCCn1cc[n+](C)c1.[ClH2+]. The van der Waals surface area contributed by atoms with Crippen LogP contribution in [-0.2, 0) is 13.6 Å². The van der Waals surface area contributed by atoms with E-state index in [0.717, 1.165) is 6.54 Å². The molecule has 0 unspecified atom stereocenters.